The zero-order chi connectivity index (χ0) is 12.3. The lowest BCUT2D eigenvalue weighted by Gasteiger charge is -2.28. The van der Waals surface area contributed by atoms with Crippen LogP contribution in [0.25, 0.3) is 0 Å². The molecule has 88 valence electrons. The zero-order valence-electron chi connectivity index (χ0n) is 10.4. The van der Waals surface area contributed by atoms with Crippen molar-refractivity contribution in [1.82, 2.24) is 0 Å². The normalized spacial score (nSPS) is 14.3. The molecule has 0 aliphatic heterocycles. The highest BCUT2D eigenvalue weighted by molar-refractivity contribution is 5.36. The highest BCUT2D eigenvalue weighted by Crippen LogP contribution is 2.32. The minimum atomic E-state index is -0.880. The van der Waals surface area contributed by atoms with Crippen LogP contribution in [-0.2, 0) is 5.60 Å². The minimum Gasteiger partial charge on any atom is -0.380 e. The first-order valence-corrected chi connectivity index (χ1v) is 6.02. The molecule has 2 aromatic carbocycles. The van der Waals surface area contributed by atoms with Crippen molar-refractivity contribution in [3.05, 3.63) is 71.3 Å². The first kappa shape index (κ1) is 11.9. The van der Waals surface area contributed by atoms with Crippen LogP contribution in [0.4, 0.5) is 0 Å². The van der Waals surface area contributed by atoms with Gasteiger partial charge in [-0.3, -0.25) is 0 Å². The average molecular weight is 226 g/mol. The van der Waals surface area contributed by atoms with Gasteiger partial charge in [-0.2, -0.15) is 0 Å². The van der Waals surface area contributed by atoms with Crippen LogP contribution in [0.15, 0.2) is 54.6 Å². The first-order chi connectivity index (χ1) is 8.16. The maximum atomic E-state index is 10.9. The maximum Gasteiger partial charge on any atom is 0.114 e. The van der Waals surface area contributed by atoms with Crippen LogP contribution in [0.3, 0.4) is 0 Å². The monoisotopic (exact) mass is 226 g/mol. The SMILES string of the molecule is CCC(O)(c1ccccc1)c1ccc(C)cc1. The van der Waals surface area contributed by atoms with Gasteiger partial charge in [-0.25, -0.2) is 0 Å². The van der Waals surface area contributed by atoms with Crippen LogP contribution >= 0.6 is 0 Å². The van der Waals surface area contributed by atoms with E-state index in [0.717, 1.165) is 11.1 Å². The molecule has 0 radical (unpaired) electrons. The van der Waals surface area contributed by atoms with Crippen molar-refractivity contribution in [3.8, 4) is 0 Å². The van der Waals surface area contributed by atoms with Crippen molar-refractivity contribution in [1.29, 1.82) is 0 Å². The second kappa shape index (κ2) is 4.72. The smallest absolute Gasteiger partial charge is 0.114 e. The highest BCUT2D eigenvalue weighted by atomic mass is 16.3. The number of aryl methyl sites for hydroxylation is 1. The number of hydrogen-bond donors (Lipinski definition) is 1. The Morgan fingerprint density at radius 2 is 1.41 bits per heavy atom. The van der Waals surface area contributed by atoms with E-state index in [1.54, 1.807) is 0 Å². The molecule has 0 heterocycles. The summed E-state index contributed by atoms with van der Waals surface area (Å²) in [6, 6.07) is 17.9. The number of benzene rings is 2. The molecule has 2 rings (SSSR count). The fourth-order valence-corrected chi connectivity index (χ4v) is 2.12. The van der Waals surface area contributed by atoms with Crippen LogP contribution in [-0.4, -0.2) is 5.11 Å². The molecule has 0 aromatic heterocycles. The summed E-state index contributed by atoms with van der Waals surface area (Å²) in [6.07, 6.45) is 0.667. The fraction of sp³-hybridized carbons (Fsp3) is 0.250. The van der Waals surface area contributed by atoms with E-state index >= 15 is 0 Å². The Bertz CT molecular complexity index is 473. The van der Waals surface area contributed by atoms with E-state index in [9.17, 15) is 5.11 Å². The first-order valence-electron chi connectivity index (χ1n) is 6.02. The molecule has 17 heavy (non-hydrogen) atoms. The third kappa shape index (κ3) is 2.25. The lowest BCUT2D eigenvalue weighted by atomic mass is 9.84. The van der Waals surface area contributed by atoms with Crippen molar-refractivity contribution >= 4 is 0 Å². The molecule has 1 heteroatoms. The molecule has 0 fully saturated rings. The van der Waals surface area contributed by atoms with E-state index in [4.69, 9.17) is 0 Å². The second-order valence-corrected chi connectivity index (χ2v) is 4.45. The van der Waals surface area contributed by atoms with Crippen LogP contribution in [0, 0.1) is 6.92 Å². The van der Waals surface area contributed by atoms with Gasteiger partial charge in [-0.1, -0.05) is 67.1 Å². The molecule has 0 aliphatic carbocycles. The van der Waals surface area contributed by atoms with Gasteiger partial charge in [0, 0.05) is 0 Å². The van der Waals surface area contributed by atoms with Crippen molar-refractivity contribution in [2.24, 2.45) is 0 Å². The summed E-state index contributed by atoms with van der Waals surface area (Å²) in [5.74, 6) is 0. The lowest BCUT2D eigenvalue weighted by molar-refractivity contribution is 0.0765. The Hall–Kier alpha value is -1.60. The molecular weight excluding hydrogens is 208 g/mol. The largest absolute Gasteiger partial charge is 0.380 e. The maximum absolute atomic E-state index is 10.9. The van der Waals surface area contributed by atoms with Gasteiger partial charge in [-0.15, -0.1) is 0 Å². The van der Waals surface area contributed by atoms with Gasteiger partial charge in [0.2, 0.25) is 0 Å². The Kier molecular flexibility index (Phi) is 3.30. The predicted molar refractivity (Wildman–Crippen MR) is 70.9 cm³/mol. The van der Waals surface area contributed by atoms with Gasteiger partial charge in [0.25, 0.3) is 0 Å². The quantitative estimate of drug-likeness (QED) is 0.847. The Morgan fingerprint density at radius 1 is 0.882 bits per heavy atom. The van der Waals surface area contributed by atoms with E-state index in [0.29, 0.717) is 6.42 Å². The van der Waals surface area contributed by atoms with Crippen molar-refractivity contribution < 1.29 is 5.11 Å². The van der Waals surface area contributed by atoms with Gasteiger partial charge < -0.3 is 5.11 Å². The molecule has 1 nitrogen and oxygen atoms in total. The Morgan fingerprint density at radius 3 is 1.94 bits per heavy atom. The van der Waals surface area contributed by atoms with Crippen molar-refractivity contribution in [2.45, 2.75) is 25.9 Å². The Balaban J connectivity index is 2.48. The van der Waals surface area contributed by atoms with E-state index < -0.39 is 5.60 Å². The zero-order valence-corrected chi connectivity index (χ0v) is 10.4. The molecule has 1 atom stereocenters. The van der Waals surface area contributed by atoms with Gasteiger partial charge >= 0.3 is 0 Å². The molecule has 0 saturated heterocycles. The van der Waals surface area contributed by atoms with E-state index in [2.05, 4.69) is 6.92 Å². The predicted octanol–water partition coefficient (Wildman–Crippen LogP) is 3.64. The average Bonchev–Trinajstić information content (AvgIpc) is 2.40. The summed E-state index contributed by atoms with van der Waals surface area (Å²) < 4.78 is 0. The van der Waals surface area contributed by atoms with Crippen LogP contribution in [0.5, 0.6) is 0 Å². The van der Waals surface area contributed by atoms with Crippen molar-refractivity contribution in [2.75, 3.05) is 0 Å². The van der Waals surface area contributed by atoms with Gasteiger partial charge in [0.05, 0.1) is 0 Å². The van der Waals surface area contributed by atoms with Crippen LogP contribution in [0.1, 0.15) is 30.0 Å². The highest BCUT2D eigenvalue weighted by Gasteiger charge is 2.28. The Labute approximate surface area is 103 Å². The molecule has 0 saturated carbocycles. The summed E-state index contributed by atoms with van der Waals surface area (Å²) in [5.41, 5.74) is 2.23. The third-order valence-corrected chi connectivity index (χ3v) is 3.29. The van der Waals surface area contributed by atoms with E-state index in [-0.39, 0.29) is 0 Å². The summed E-state index contributed by atoms with van der Waals surface area (Å²) >= 11 is 0. The van der Waals surface area contributed by atoms with E-state index in [1.807, 2.05) is 61.5 Å². The third-order valence-electron chi connectivity index (χ3n) is 3.29. The van der Waals surface area contributed by atoms with Gasteiger partial charge in [0.1, 0.15) is 5.60 Å². The molecule has 1 N–H and O–H groups in total. The standard InChI is InChI=1S/C16H18O/c1-3-16(17,14-7-5-4-6-8-14)15-11-9-13(2)10-12-15/h4-12,17H,3H2,1-2H3. The van der Waals surface area contributed by atoms with Crippen LogP contribution in [0.2, 0.25) is 0 Å². The van der Waals surface area contributed by atoms with E-state index in [1.165, 1.54) is 5.56 Å². The van der Waals surface area contributed by atoms with Crippen molar-refractivity contribution in [3.63, 3.8) is 0 Å². The van der Waals surface area contributed by atoms with Crippen LogP contribution < -0.4 is 0 Å². The molecule has 0 spiro atoms. The minimum absolute atomic E-state index is 0.667. The second-order valence-electron chi connectivity index (χ2n) is 4.45. The molecule has 0 bridgehead atoms. The lowest BCUT2D eigenvalue weighted by Crippen LogP contribution is -2.26. The molecule has 1 unspecified atom stereocenters. The molecule has 0 amide bonds. The summed E-state index contributed by atoms with van der Waals surface area (Å²) in [4.78, 5) is 0. The molecule has 0 aliphatic rings. The molecule has 2 aromatic rings. The fourth-order valence-electron chi connectivity index (χ4n) is 2.12. The molecular formula is C16H18O. The number of rotatable bonds is 3. The summed E-state index contributed by atoms with van der Waals surface area (Å²) in [7, 11) is 0. The number of aliphatic hydroxyl groups is 1. The van der Waals surface area contributed by atoms with Gasteiger partial charge in [-0.05, 0) is 24.5 Å². The summed E-state index contributed by atoms with van der Waals surface area (Å²) in [5, 5.41) is 10.9. The summed E-state index contributed by atoms with van der Waals surface area (Å²) in [6.45, 7) is 4.06. The van der Waals surface area contributed by atoms with Gasteiger partial charge in [0.15, 0.2) is 0 Å². The topological polar surface area (TPSA) is 20.2 Å². The number of hydrogen-bond acceptors (Lipinski definition) is 1.